The number of aromatic nitrogens is 1. The fourth-order valence-electron chi connectivity index (χ4n) is 2.09. The Morgan fingerprint density at radius 2 is 1.89 bits per heavy atom. The first-order valence-electron chi connectivity index (χ1n) is 6.22. The van der Waals surface area contributed by atoms with E-state index < -0.39 is 0 Å². The second-order valence-corrected chi connectivity index (χ2v) is 4.62. The Balaban J connectivity index is 2.22. The van der Waals surface area contributed by atoms with Crippen molar-refractivity contribution in [1.82, 2.24) is 4.98 Å². The van der Waals surface area contributed by atoms with Crippen LogP contribution in [0.1, 0.15) is 16.7 Å². The third kappa shape index (κ3) is 3.09. The number of anilines is 1. The van der Waals surface area contributed by atoms with Crippen molar-refractivity contribution in [3.63, 3.8) is 0 Å². The molecule has 0 bridgehead atoms. The molecule has 0 unspecified atom stereocenters. The third-order valence-corrected chi connectivity index (χ3v) is 3.17. The molecule has 0 aliphatic carbocycles. The fourth-order valence-corrected chi connectivity index (χ4v) is 2.09. The molecule has 4 heteroatoms. The Morgan fingerprint density at radius 3 is 2.53 bits per heavy atom. The van der Waals surface area contributed by atoms with Gasteiger partial charge in [0.05, 0.1) is 0 Å². The lowest BCUT2D eigenvalue weighted by molar-refractivity contribution is 0.627. The summed E-state index contributed by atoms with van der Waals surface area (Å²) in [6, 6.07) is 8.46. The van der Waals surface area contributed by atoms with Crippen LogP contribution in [0.15, 0.2) is 36.5 Å². The van der Waals surface area contributed by atoms with E-state index >= 15 is 0 Å². The second-order valence-electron chi connectivity index (χ2n) is 4.62. The van der Waals surface area contributed by atoms with E-state index in [0.717, 1.165) is 22.5 Å². The van der Waals surface area contributed by atoms with Crippen molar-refractivity contribution in [3.05, 3.63) is 59.0 Å². The lowest BCUT2D eigenvalue weighted by Crippen LogP contribution is -2.21. The molecule has 2 N–H and O–H groups in total. The molecule has 1 aromatic heterocycles. The highest BCUT2D eigenvalue weighted by Gasteiger charge is 2.10. The molecule has 3 nitrogen and oxygen atoms in total. The highest BCUT2D eigenvalue weighted by Crippen LogP contribution is 2.21. The number of nitrogens with two attached hydrogens (primary N) is 1. The van der Waals surface area contributed by atoms with E-state index in [0.29, 0.717) is 13.1 Å². The van der Waals surface area contributed by atoms with Crippen LogP contribution >= 0.6 is 0 Å². The predicted octanol–water partition coefficient (Wildman–Crippen LogP) is 2.62. The Labute approximate surface area is 112 Å². The Bertz CT molecular complexity index is 552. The minimum absolute atomic E-state index is 0.220. The smallest absolute Gasteiger partial charge is 0.133 e. The zero-order valence-electron chi connectivity index (χ0n) is 11.2. The monoisotopic (exact) mass is 259 g/mol. The molecule has 0 saturated carbocycles. The van der Waals surface area contributed by atoms with Gasteiger partial charge < -0.3 is 10.6 Å². The summed E-state index contributed by atoms with van der Waals surface area (Å²) in [7, 11) is 1.96. The molecule has 0 spiro atoms. The van der Waals surface area contributed by atoms with Gasteiger partial charge in [0.1, 0.15) is 11.6 Å². The first kappa shape index (κ1) is 13.5. The van der Waals surface area contributed by atoms with Gasteiger partial charge in [-0.25, -0.2) is 9.37 Å². The molecule has 0 aliphatic heterocycles. The first-order chi connectivity index (χ1) is 9.11. The van der Waals surface area contributed by atoms with Crippen LogP contribution < -0.4 is 10.6 Å². The van der Waals surface area contributed by atoms with Crippen LogP contribution in [0.5, 0.6) is 0 Å². The lowest BCUT2D eigenvalue weighted by Gasteiger charge is -2.22. The summed E-state index contributed by atoms with van der Waals surface area (Å²) in [5.74, 6) is 0.662. The normalized spacial score (nSPS) is 10.5. The van der Waals surface area contributed by atoms with Crippen molar-refractivity contribution < 1.29 is 4.39 Å². The van der Waals surface area contributed by atoms with Crippen LogP contribution in [0.4, 0.5) is 10.2 Å². The van der Waals surface area contributed by atoms with Gasteiger partial charge >= 0.3 is 0 Å². The van der Waals surface area contributed by atoms with E-state index in [2.05, 4.69) is 4.98 Å². The number of nitrogens with zero attached hydrogens (tertiary/aromatic N) is 2. The highest BCUT2D eigenvalue weighted by atomic mass is 19.1. The third-order valence-electron chi connectivity index (χ3n) is 3.17. The maximum absolute atomic E-state index is 12.9. The van der Waals surface area contributed by atoms with Crippen molar-refractivity contribution >= 4 is 5.82 Å². The van der Waals surface area contributed by atoms with Gasteiger partial charge in [0.15, 0.2) is 0 Å². The van der Waals surface area contributed by atoms with Crippen LogP contribution in [0.3, 0.4) is 0 Å². The largest absolute Gasteiger partial charge is 0.355 e. The van der Waals surface area contributed by atoms with Crippen molar-refractivity contribution in [1.29, 1.82) is 0 Å². The van der Waals surface area contributed by atoms with E-state index in [9.17, 15) is 4.39 Å². The summed E-state index contributed by atoms with van der Waals surface area (Å²) in [4.78, 5) is 6.43. The Kier molecular flexibility index (Phi) is 4.12. The van der Waals surface area contributed by atoms with Gasteiger partial charge in [-0.15, -0.1) is 0 Å². The van der Waals surface area contributed by atoms with Crippen molar-refractivity contribution in [2.45, 2.75) is 20.0 Å². The van der Waals surface area contributed by atoms with Crippen LogP contribution in [-0.2, 0) is 13.1 Å². The molecule has 19 heavy (non-hydrogen) atoms. The van der Waals surface area contributed by atoms with E-state index in [-0.39, 0.29) is 5.82 Å². The Hall–Kier alpha value is -1.94. The predicted molar refractivity (Wildman–Crippen MR) is 75.4 cm³/mol. The molecular formula is C15H18FN3. The van der Waals surface area contributed by atoms with Crippen LogP contribution in [-0.4, -0.2) is 12.0 Å². The molecule has 0 radical (unpaired) electrons. The number of aryl methyl sites for hydroxylation is 1. The number of hydrogen-bond donors (Lipinski definition) is 1. The molecule has 0 aliphatic rings. The number of hydrogen-bond acceptors (Lipinski definition) is 3. The van der Waals surface area contributed by atoms with E-state index in [1.807, 2.05) is 24.9 Å². The van der Waals surface area contributed by atoms with Crippen LogP contribution in [0.2, 0.25) is 0 Å². The number of rotatable bonds is 4. The maximum Gasteiger partial charge on any atom is 0.133 e. The molecule has 0 saturated heterocycles. The van der Waals surface area contributed by atoms with Gasteiger partial charge in [-0.2, -0.15) is 0 Å². The van der Waals surface area contributed by atoms with E-state index in [1.54, 1.807) is 18.3 Å². The topological polar surface area (TPSA) is 42.2 Å². The Morgan fingerprint density at radius 1 is 1.21 bits per heavy atom. The molecule has 0 amide bonds. The first-order valence-corrected chi connectivity index (χ1v) is 6.22. The SMILES string of the molecule is Cc1ccnc(N(C)Cc2ccc(F)cc2)c1CN. The van der Waals surface area contributed by atoms with Crippen LogP contribution in [0, 0.1) is 12.7 Å². The minimum atomic E-state index is -0.220. The minimum Gasteiger partial charge on any atom is -0.355 e. The average molecular weight is 259 g/mol. The lowest BCUT2D eigenvalue weighted by atomic mass is 10.1. The molecule has 1 heterocycles. The van der Waals surface area contributed by atoms with Crippen molar-refractivity contribution in [3.8, 4) is 0 Å². The van der Waals surface area contributed by atoms with Gasteiger partial charge in [0.2, 0.25) is 0 Å². The molecule has 2 aromatic rings. The fraction of sp³-hybridized carbons (Fsp3) is 0.267. The molecule has 1 aromatic carbocycles. The molecule has 100 valence electrons. The van der Waals surface area contributed by atoms with Crippen LogP contribution in [0.25, 0.3) is 0 Å². The standard InChI is InChI=1S/C15H18FN3/c1-11-7-8-18-15(14(11)9-17)19(2)10-12-3-5-13(16)6-4-12/h3-8H,9-10,17H2,1-2H3. The van der Waals surface area contributed by atoms with Gasteiger partial charge in [-0.1, -0.05) is 12.1 Å². The average Bonchev–Trinajstić information content (AvgIpc) is 2.41. The van der Waals surface area contributed by atoms with Gasteiger partial charge in [-0.05, 0) is 36.2 Å². The van der Waals surface area contributed by atoms with Gasteiger partial charge in [-0.3, -0.25) is 0 Å². The second kappa shape index (κ2) is 5.80. The van der Waals surface area contributed by atoms with Crippen molar-refractivity contribution in [2.24, 2.45) is 5.73 Å². The highest BCUT2D eigenvalue weighted by molar-refractivity contribution is 5.50. The van der Waals surface area contributed by atoms with Gasteiger partial charge in [0, 0.05) is 31.9 Å². The summed E-state index contributed by atoms with van der Waals surface area (Å²) in [5.41, 5.74) is 9.01. The summed E-state index contributed by atoms with van der Waals surface area (Å²) in [6.07, 6.45) is 1.78. The zero-order valence-corrected chi connectivity index (χ0v) is 11.2. The quantitative estimate of drug-likeness (QED) is 0.917. The molecule has 0 fully saturated rings. The van der Waals surface area contributed by atoms with Crippen molar-refractivity contribution in [2.75, 3.05) is 11.9 Å². The molecule has 2 rings (SSSR count). The summed E-state index contributed by atoms with van der Waals surface area (Å²) in [6.45, 7) is 3.16. The number of pyridine rings is 1. The van der Waals surface area contributed by atoms with E-state index in [4.69, 9.17) is 5.73 Å². The van der Waals surface area contributed by atoms with E-state index in [1.165, 1.54) is 12.1 Å². The zero-order chi connectivity index (χ0) is 13.8. The number of benzene rings is 1. The molecule has 0 atom stereocenters. The van der Waals surface area contributed by atoms with Gasteiger partial charge in [0.25, 0.3) is 0 Å². The summed E-state index contributed by atoms with van der Waals surface area (Å²) in [5, 5.41) is 0. The molecular weight excluding hydrogens is 241 g/mol. The number of halogens is 1. The maximum atomic E-state index is 12.9. The summed E-state index contributed by atoms with van der Waals surface area (Å²) >= 11 is 0. The summed E-state index contributed by atoms with van der Waals surface area (Å²) < 4.78 is 12.9.